The number of amides is 1. The fourth-order valence-electron chi connectivity index (χ4n) is 2.83. The number of nitrogens with zero attached hydrogens (tertiary/aromatic N) is 1. The van der Waals surface area contributed by atoms with Gasteiger partial charge in [0.05, 0.1) is 10.6 Å². The summed E-state index contributed by atoms with van der Waals surface area (Å²) in [5, 5.41) is 13.5. The molecule has 7 nitrogen and oxygen atoms in total. The SMILES string of the molecule is O=C(Nc1csc(-c2ccc(OC(F)(F)F)cc2)c1C(=O)O)c1nc2ccccc2o1. The number of alkyl halides is 3. The molecule has 4 rings (SSSR count). The predicted octanol–water partition coefficient (Wildman–Crippen LogP) is 5.41. The summed E-state index contributed by atoms with van der Waals surface area (Å²) in [4.78, 5) is 28.6. The van der Waals surface area contributed by atoms with Crippen molar-refractivity contribution in [3.63, 3.8) is 0 Å². The van der Waals surface area contributed by atoms with E-state index in [2.05, 4.69) is 15.0 Å². The largest absolute Gasteiger partial charge is 0.573 e. The highest BCUT2D eigenvalue weighted by Crippen LogP contribution is 2.37. The molecule has 0 aliphatic carbocycles. The maximum Gasteiger partial charge on any atom is 0.573 e. The molecule has 0 aliphatic rings. The average molecular weight is 448 g/mol. The number of anilines is 1. The van der Waals surface area contributed by atoms with Crippen LogP contribution in [0.15, 0.2) is 58.3 Å². The van der Waals surface area contributed by atoms with E-state index in [9.17, 15) is 27.9 Å². The fraction of sp³-hybridized carbons (Fsp3) is 0.0500. The topological polar surface area (TPSA) is 102 Å². The lowest BCUT2D eigenvalue weighted by Gasteiger charge is -2.09. The normalized spacial score (nSPS) is 11.5. The molecule has 0 aliphatic heterocycles. The molecule has 2 aromatic carbocycles. The number of rotatable bonds is 5. The number of carbonyl (C=O) groups excluding carboxylic acids is 1. The number of carbonyl (C=O) groups is 2. The highest BCUT2D eigenvalue weighted by atomic mass is 32.1. The van der Waals surface area contributed by atoms with Gasteiger partial charge < -0.3 is 19.6 Å². The lowest BCUT2D eigenvalue weighted by molar-refractivity contribution is -0.274. The number of halogens is 3. The third-order valence-corrected chi connectivity index (χ3v) is 5.12. The zero-order valence-corrected chi connectivity index (χ0v) is 16.1. The number of nitrogens with one attached hydrogen (secondary N) is 1. The summed E-state index contributed by atoms with van der Waals surface area (Å²) >= 11 is 1.01. The third-order valence-electron chi connectivity index (χ3n) is 4.09. The van der Waals surface area contributed by atoms with Crippen molar-refractivity contribution in [2.24, 2.45) is 0 Å². The molecule has 0 saturated carbocycles. The summed E-state index contributed by atoms with van der Waals surface area (Å²) in [6.45, 7) is 0. The van der Waals surface area contributed by atoms with Crippen molar-refractivity contribution in [2.45, 2.75) is 6.36 Å². The second-order valence-electron chi connectivity index (χ2n) is 6.17. The molecule has 4 aromatic rings. The zero-order valence-electron chi connectivity index (χ0n) is 15.3. The number of thiophene rings is 1. The smallest absolute Gasteiger partial charge is 0.478 e. The molecular formula is C20H11F3N2O5S. The molecule has 11 heteroatoms. The monoisotopic (exact) mass is 448 g/mol. The van der Waals surface area contributed by atoms with Gasteiger partial charge in [-0.15, -0.1) is 24.5 Å². The van der Waals surface area contributed by atoms with Gasteiger partial charge in [-0.25, -0.2) is 9.78 Å². The van der Waals surface area contributed by atoms with Crippen molar-refractivity contribution in [1.29, 1.82) is 0 Å². The summed E-state index contributed by atoms with van der Waals surface area (Å²) in [6.07, 6.45) is -4.83. The van der Waals surface area contributed by atoms with E-state index in [-0.39, 0.29) is 22.0 Å². The number of carboxylic acid groups (broad SMARTS) is 1. The maximum atomic E-state index is 12.5. The number of benzene rings is 2. The summed E-state index contributed by atoms with van der Waals surface area (Å²) in [5.41, 5.74) is 1.02. The van der Waals surface area contributed by atoms with Crippen LogP contribution in [0.4, 0.5) is 18.9 Å². The Morgan fingerprint density at radius 3 is 2.45 bits per heavy atom. The molecule has 2 aromatic heterocycles. The number of carboxylic acids is 1. The molecule has 0 spiro atoms. The van der Waals surface area contributed by atoms with Crippen molar-refractivity contribution in [3.8, 4) is 16.2 Å². The Bertz CT molecular complexity index is 1250. The van der Waals surface area contributed by atoms with Gasteiger partial charge >= 0.3 is 18.2 Å². The van der Waals surface area contributed by atoms with Crippen LogP contribution < -0.4 is 10.1 Å². The summed E-state index contributed by atoms with van der Waals surface area (Å²) < 4.78 is 46.1. The van der Waals surface area contributed by atoms with E-state index in [1.807, 2.05) is 0 Å². The van der Waals surface area contributed by atoms with Gasteiger partial charge in [-0.3, -0.25) is 4.79 Å². The van der Waals surface area contributed by atoms with E-state index in [4.69, 9.17) is 4.42 Å². The van der Waals surface area contributed by atoms with Crippen molar-refractivity contribution in [2.75, 3.05) is 5.32 Å². The average Bonchev–Trinajstić information content (AvgIpc) is 3.31. The highest BCUT2D eigenvalue weighted by Gasteiger charge is 2.31. The summed E-state index contributed by atoms with van der Waals surface area (Å²) in [6, 6.07) is 11.5. The minimum absolute atomic E-state index is 0.00961. The number of oxazole rings is 1. The van der Waals surface area contributed by atoms with Gasteiger partial charge in [-0.2, -0.15) is 0 Å². The van der Waals surface area contributed by atoms with Crippen molar-refractivity contribution in [1.82, 2.24) is 4.98 Å². The highest BCUT2D eigenvalue weighted by molar-refractivity contribution is 7.14. The first kappa shape index (κ1) is 20.4. The molecule has 0 bridgehead atoms. The van der Waals surface area contributed by atoms with Gasteiger partial charge in [-0.1, -0.05) is 12.1 Å². The molecule has 2 N–H and O–H groups in total. The van der Waals surface area contributed by atoms with Crippen molar-refractivity contribution < 1.29 is 37.0 Å². The molecule has 0 saturated heterocycles. The Morgan fingerprint density at radius 1 is 1.10 bits per heavy atom. The molecule has 0 fully saturated rings. The lowest BCUT2D eigenvalue weighted by atomic mass is 10.1. The van der Waals surface area contributed by atoms with Crippen LogP contribution >= 0.6 is 11.3 Å². The van der Waals surface area contributed by atoms with E-state index in [1.54, 1.807) is 24.3 Å². The number of aromatic nitrogens is 1. The van der Waals surface area contributed by atoms with Gasteiger partial charge in [0.25, 0.3) is 5.89 Å². The van der Waals surface area contributed by atoms with E-state index in [0.29, 0.717) is 16.7 Å². The van der Waals surface area contributed by atoms with E-state index >= 15 is 0 Å². The second kappa shape index (κ2) is 7.76. The first-order valence-electron chi connectivity index (χ1n) is 8.59. The second-order valence-corrected chi connectivity index (χ2v) is 7.05. The number of ether oxygens (including phenoxy) is 1. The summed E-state index contributed by atoms with van der Waals surface area (Å²) in [5.74, 6) is -2.73. The Morgan fingerprint density at radius 2 is 1.81 bits per heavy atom. The molecule has 1 amide bonds. The van der Waals surface area contributed by atoms with E-state index < -0.39 is 24.0 Å². The first-order chi connectivity index (χ1) is 14.7. The molecule has 0 atom stereocenters. The molecule has 158 valence electrons. The molecule has 0 unspecified atom stereocenters. The van der Waals surface area contributed by atoms with Crippen LogP contribution in [-0.4, -0.2) is 28.3 Å². The third kappa shape index (κ3) is 4.36. The van der Waals surface area contributed by atoms with Gasteiger partial charge in [0.2, 0.25) is 0 Å². The Hall–Kier alpha value is -3.86. The van der Waals surface area contributed by atoms with Gasteiger partial charge in [0, 0.05) is 5.38 Å². The predicted molar refractivity (Wildman–Crippen MR) is 105 cm³/mol. The van der Waals surface area contributed by atoms with Gasteiger partial charge in [-0.05, 0) is 42.0 Å². The van der Waals surface area contributed by atoms with Crippen LogP contribution in [0.3, 0.4) is 0 Å². The Labute approximate surface area is 175 Å². The van der Waals surface area contributed by atoms with Crippen molar-refractivity contribution >= 4 is 40.0 Å². The maximum absolute atomic E-state index is 12.5. The van der Waals surface area contributed by atoms with Crippen LogP contribution in [-0.2, 0) is 0 Å². The molecule has 2 heterocycles. The standard InChI is InChI=1S/C20H11F3N2O5S/c21-20(22,23)30-11-7-5-10(6-8-11)16-15(19(27)28)13(9-31-16)24-17(26)18-25-12-3-1-2-4-14(12)29-18/h1-9H,(H,24,26)(H,27,28). The summed E-state index contributed by atoms with van der Waals surface area (Å²) in [7, 11) is 0. The number of fused-ring (bicyclic) bond motifs is 1. The molecule has 0 radical (unpaired) electrons. The Kier molecular flexibility index (Phi) is 5.11. The Balaban J connectivity index is 1.61. The zero-order chi connectivity index (χ0) is 22.2. The number of hydrogen-bond donors (Lipinski definition) is 2. The minimum Gasteiger partial charge on any atom is -0.478 e. The van der Waals surface area contributed by atoms with Crippen LogP contribution in [0, 0.1) is 0 Å². The van der Waals surface area contributed by atoms with Gasteiger partial charge in [0.15, 0.2) is 5.58 Å². The number of hydrogen-bond acceptors (Lipinski definition) is 6. The quantitative estimate of drug-likeness (QED) is 0.424. The van der Waals surface area contributed by atoms with Crippen molar-refractivity contribution in [3.05, 3.63) is 65.4 Å². The number of para-hydroxylation sites is 2. The van der Waals surface area contributed by atoms with Crippen LogP contribution in [0.25, 0.3) is 21.5 Å². The fourth-order valence-corrected chi connectivity index (χ4v) is 3.83. The molecule has 31 heavy (non-hydrogen) atoms. The first-order valence-corrected chi connectivity index (χ1v) is 9.47. The van der Waals surface area contributed by atoms with Crippen LogP contribution in [0.2, 0.25) is 0 Å². The van der Waals surface area contributed by atoms with Gasteiger partial charge in [0.1, 0.15) is 16.8 Å². The van der Waals surface area contributed by atoms with E-state index in [1.165, 1.54) is 17.5 Å². The molecular weight excluding hydrogens is 437 g/mol. The minimum atomic E-state index is -4.83. The van der Waals surface area contributed by atoms with E-state index in [0.717, 1.165) is 23.5 Å². The van der Waals surface area contributed by atoms with Crippen LogP contribution in [0.1, 0.15) is 21.0 Å². The lowest BCUT2D eigenvalue weighted by Crippen LogP contribution is -2.16. The number of aromatic carboxylic acids is 1. The van der Waals surface area contributed by atoms with Crippen LogP contribution in [0.5, 0.6) is 5.75 Å².